The molecule has 1 aromatic heterocycles. The van der Waals surface area contributed by atoms with Crippen molar-refractivity contribution in [1.82, 2.24) is 4.57 Å². The molecule has 32 heavy (non-hydrogen) atoms. The van der Waals surface area contributed by atoms with Gasteiger partial charge in [-0.3, -0.25) is 4.79 Å². The number of phenolic OH excluding ortho intramolecular Hbond substituents is 1. The van der Waals surface area contributed by atoms with Crippen LogP contribution in [0.4, 0.5) is 10.1 Å². The zero-order chi connectivity index (χ0) is 22.8. The summed E-state index contributed by atoms with van der Waals surface area (Å²) in [6.07, 6.45) is 3.17. The molecule has 0 bridgehead atoms. The molecule has 2 heterocycles. The van der Waals surface area contributed by atoms with Crippen LogP contribution in [-0.2, 0) is 0 Å². The van der Waals surface area contributed by atoms with Gasteiger partial charge >= 0.3 is 5.97 Å². The number of ether oxygens (including phenoxy) is 1. The fourth-order valence-corrected chi connectivity index (χ4v) is 4.73. The van der Waals surface area contributed by atoms with E-state index in [-0.39, 0.29) is 39.5 Å². The Morgan fingerprint density at radius 2 is 1.97 bits per heavy atom. The van der Waals surface area contributed by atoms with Gasteiger partial charge in [0.25, 0.3) is 0 Å². The topological polar surface area (TPSA) is 118 Å². The number of nitrogens with zero attached hydrogens (tertiary/aromatic N) is 2. The third-order valence-corrected chi connectivity index (χ3v) is 6.65. The number of fused-ring (bicyclic) bond motifs is 1. The predicted octanol–water partition coefficient (Wildman–Crippen LogP) is 2.47. The van der Waals surface area contributed by atoms with Gasteiger partial charge < -0.3 is 30.2 Å². The minimum Gasteiger partial charge on any atom is -0.508 e. The van der Waals surface area contributed by atoms with E-state index in [1.54, 1.807) is 12.1 Å². The van der Waals surface area contributed by atoms with Crippen molar-refractivity contribution in [3.05, 3.63) is 58.1 Å². The van der Waals surface area contributed by atoms with Crippen LogP contribution in [-0.4, -0.2) is 47.0 Å². The van der Waals surface area contributed by atoms with Crippen LogP contribution in [0.1, 0.15) is 23.2 Å². The highest BCUT2D eigenvalue weighted by atomic mass is 19.1. The molecule has 166 valence electrons. The fraction of sp³-hybridized carbons (Fsp3) is 0.304. The van der Waals surface area contributed by atoms with Gasteiger partial charge in [0, 0.05) is 36.4 Å². The van der Waals surface area contributed by atoms with E-state index < -0.39 is 22.8 Å². The molecule has 5 rings (SSSR count). The highest BCUT2D eigenvalue weighted by Crippen LogP contribution is 2.54. The molecule has 8 nitrogen and oxygen atoms in total. The van der Waals surface area contributed by atoms with E-state index in [1.165, 1.54) is 30.0 Å². The summed E-state index contributed by atoms with van der Waals surface area (Å²) < 4.78 is 22.5. The molecule has 0 unspecified atom stereocenters. The molecule has 2 aliphatic rings. The minimum absolute atomic E-state index is 0.0177. The number of carboxylic acid groups (broad SMARTS) is 1. The van der Waals surface area contributed by atoms with Crippen LogP contribution in [0.25, 0.3) is 16.6 Å². The monoisotopic (exact) mass is 439 g/mol. The molecule has 2 aromatic carbocycles. The summed E-state index contributed by atoms with van der Waals surface area (Å²) in [4.78, 5) is 26.5. The van der Waals surface area contributed by atoms with Crippen molar-refractivity contribution >= 4 is 22.6 Å². The highest BCUT2D eigenvalue weighted by Gasteiger charge is 2.54. The Hall–Kier alpha value is -3.59. The summed E-state index contributed by atoms with van der Waals surface area (Å²) in [5.41, 5.74) is 5.92. The second-order valence-corrected chi connectivity index (χ2v) is 8.55. The summed E-state index contributed by atoms with van der Waals surface area (Å²) in [6.45, 7) is 1.04. The summed E-state index contributed by atoms with van der Waals surface area (Å²) in [5.74, 6) is -1.94. The number of rotatable bonds is 4. The average Bonchev–Trinajstić information content (AvgIpc) is 3.47. The summed E-state index contributed by atoms with van der Waals surface area (Å²) >= 11 is 0. The van der Waals surface area contributed by atoms with Crippen LogP contribution < -0.4 is 20.8 Å². The number of phenols is 1. The third kappa shape index (κ3) is 2.92. The maximum absolute atomic E-state index is 15.4. The number of hydrogen-bond donors (Lipinski definition) is 3. The van der Waals surface area contributed by atoms with Gasteiger partial charge in [0.05, 0.1) is 12.5 Å². The minimum atomic E-state index is -1.42. The van der Waals surface area contributed by atoms with E-state index in [9.17, 15) is 19.8 Å². The molecule has 9 heteroatoms. The first-order valence-electron chi connectivity index (χ1n) is 10.2. The molecule has 0 amide bonds. The number of nitrogens with two attached hydrogens (primary N) is 1. The first-order valence-corrected chi connectivity index (χ1v) is 10.2. The quantitative estimate of drug-likeness (QED) is 0.572. The van der Waals surface area contributed by atoms with E-state index >= 15 is 4.39 Å². The van der Waals surface area contributed by atoms with Crippen LogP contribution in [0.2, 0.25) is 0 Å². The maximum atomic E-state index is 15.4. The smallest absolute Gasteiger partial charge is 0.341 e. The molecule has 1 aliphatic heterocycles. The lowest BCUT2D eigenvalue weighted by Gasteiger charge is -2.24. The van der Waals surface area contributed by atoms with Crippen molar-refractivity contribution in [3.63, 3.8) is 0 Å². The number of hydrogen-bond acceptors (Lipinski definition) is 6. The summed E-state index contributed by atoms with van der Waals surface area (Å²) in [6, 6.07) is 7.00. The van der Waals surface area contributed by atoms with Crippen molar-refractivity contribution < 1.29 is 24.1 Å². The molecule has 1 atom stereocenters. The predicted molar refractivity (Wildman–Crippen MR) is 117 cm³/mol. The lowest BCUT2D eigenvalue weighted by Crippen LogP contribution is -2.30. The second-order valence-electron chi connectivity index (χ2n) is 8.55. The number of carboxylic acids is 1. The lowest BCUT2D eigenvalue weighted by atomic mass is 10.0. The Morgan fingerprint density at radius 1 is 1.28 bits per heavy atom. The average molecular weight is 439 g/mol. The Morgan fingerprint density at radius 3 is 2.53 bits per heavy atom. The van der Waals surface area contributed by atoms with Gasteiger partial charge in [0.1, 0.15) is 22.5 Å². The largest absolute Gasteiger partial charge is 0.508 e. The van der Waals surface area contributed by atoms with E-state index in [2.05, 4.69) is 0 Å². The molecule has 2 fully saturated rings. The Balaban J connectivity index is 1.83. The number of pyridine rings is 1. The third-order valence-electron chi connectivity index (χ3n) is 6.65. The van der Waals surface area contributed by atoms with Gasteiger partial charge in [-0.15, -0.1) is 0 Å². The number of aromatic hydroxyl groups is 1. The molecule has 1 saturated carbocycles. The van der Waals surface area contributed by atoms with Crippen LogP contribution in [0.15, 0.2) is 41.3 Å². The second kappa shape index (κ2) is 6.96. The standard InChI is InChI=1S/C23H22FN3O5/c1-32-21-18-14(8-16(24)19(21)26-10-17(25)23(11-26)6-7-23)20(29)15(22(30)31)9-27(18)12-2-4-13(28)5-3-12/h2-5,8-9,17,28H,6-7,10-11,25H2,1H3,(H,30,31)/t17-/m1/s1. The molecule has 1 spiro atoms. The SMILES string of the molecule is COc1c(N2C[C@@H](N)C3(CC3)C2)c(F)cc2c(=O)c(C(=O)O)cn(-c3ccc(O)cc3)c12. The van der Waals surface area contributed by atoms with E-state index in [0.717, 1.165) is 18.9 Å². The Labute approximate surface area is 182 Å². The van der Waals surface area contributed by atoms with Crippen molar-refractivity contribution in [3.8, 4) is 17.2 Å². The number of halogens is 1. The van der Waals surface area contributed by atoms with Gasteiger partial charge in [-0.25, -0.2) is 9.18 Å². The first-order chi connectivity index (χ1) is 15.3. The van der Waals surface area contributed by atoms with Gasteiger partial charge in [0.2, 0.25) is 5.43 Å². The van der Waals surface area contributed by atoms with Crippen LogP contribution >= 0.6 is 0 Å². The molecule has 3 aromatic rings. The van der Waals surface area contributed by atoms with Crippen molar-refractivity contribution in [2.75, 3.05) is 25.1 Å². The lowest BCUT2D eigenvalue weighted by molar-refractivity contribution is 0.0695. The maximum Gasteiger partial charge on any atom is 0.341 e. The normalized spacial score (nSPS) is 19.0. The zero-order valence-electron chi connectivity index (χ0n) is 17.3. The van der Waals surface area contributed by atoms with Crippen LogP contribution in [0.5, 0.6) is 11.5 Å². The number of aromatic nitrogens is 1. The molecule has 0 radical (unpaired) electrons. The van der Waals surface area contributed by atoms with E-state index in [4.69, 9.17) is 10.5 Å². The van der Waals surface area contributed by atoms with Gasteiger partial charge in [-0.2, -0.15) is 0 Å². The van der Waals surface area contributed by atoms with Crippen LogP contribution in [0.3, 0.4) is 0 Å². The van der Waals surface area contributed by atoms with Gasteiger partial charge in [-0.1, -0.05) is 0 Å². The van der Waals surface area contributed by atoms with E-state index in [1.807, 2.05) is 4.90 Å². The van der Waals surface area contributed by atoms with Gasteiger partial charge in [-0.05, 0) is 43.2 Å². The number of methoxy groups -OCH3 is 1. The number of aromatic carboxylic acids is 1. The number of anilines is 1. The molecular weight excluding hydrogens is 417 g/mol. The Bertz CT molecular complexity index is 1310. The molecule has 1 saturated heterocycles. The molecule has 4 N–H and O–H groups in total. The fourth-order valence-electron chi connectivity index (χ4n) is 4.73. The zero-order valence-corrected chi connectivity index (χ0v) is 17.3. The van der Waals surface area contributed by atoms with Crippen molar-refractivity contribution in [1.29, 1.82) is 0 Å². The van der Waals surface area contributed by atoms with Crippen molar-refractivity contribution in [2.45, 2.75) is 18.9 Å². The number of carbonyl (C=O) groups is 1. The van der Waals surface area contributed by atoms with Crippen molar-refractivity contribution in [2.24, 2.45) is 11.1 Å². The first kappa shape index (κ1) is 20.3. The summed E-state index contributed by atoms with van der Waals surface area (Å²) in [5, 5.41) is 19.1. The van der Waals surface area contributed by atoms with Crippen LogP contribution in [0, 0.1) is 11.2 Å². The summed E-state index contributed by atoms with van der Waals surface area (Å²) in [7, 11) is 1.39. The van der Waals surface area contributed by atoms with E-state index in [0.29, 0.717) is 18.8 Å². The Kier molecular flexibility index (Phi) is 4.42. The molecular formula is C23H22FN3O5. The number of benzene rings is 2. The highest BCUT2D eigenvalue weighted by molar-refractivity contribution is 5.98. The van der Waals surface area contributed by atoms with Gasteiger partial charge in [0.15, 0.2) is 11.6 Å². The molecule has 1 aliphatic carbocycles.